The Bertz CT molecular complexity index is 401. The van der Waals surface area contributed by atoms with E-state index >= 15 is 0 Å². The summed E-state index contributed by atoms with van der Waals surface area (Å²) >= 11 is 0. The molecule has 0 aliphatic heterocycles. The fourth-order valence-electron chi connectivity index (χ4n) is 1.66. The summed E-state index contributed by atoms with van der Waals surface area (Å²) in [5.74, 6) is 0.339. The summed E-state index contributed by atoms with van der Waals surface area (Å²) in [6.45, 7) is 5.73. The molecule has 1 atom stereocenters. The molecule has 0 fully saturated rings. The first kappa shape index (κ1) is 14.4. The second kappa shape index (κ2) is 6.89. The molecule has 0 saturated carbocycles. The zero-order chi connectivity index (χ0) is 13.5. The molecule has 0 aromatic heterocycles. The lowest BCUT2D eigenvalue weighted by molar-refractivity contribution is -0.150. The van der Waals surface area contributed by atoms with Crippen LogP contribution in [0, 0.1) is 0 Å². The molecule has 4 nitrogen and oxygen atoms in total. The highest BCUT2D eigenvalue weighted by Crippen LogP contribution is 2.29. The average Bonchev–Trinajstić information content (AvgIpc) is 2.34. The van der Waals surface area contributed by atoms with Crippen LogP contribution in [0.2, 0.25) is 0 Å². The van der Waals surface area contributed by atoms with Crippen molar-refractivity contribution in [1.82, 2.24) is 0 Å². The largest absolute Gasteiger partial charge is 0.508 e. The number of rotatable bonds is 6. The topological polar surface area (TPSA) is 55.8 Å². The van der Waals surface area contributed by atoms with Crippen molar-refractivity contribution >= 4 is 5.97 Å². The van der Waals surface area contributed by atoms with Crippen molar-refractivity contribution in [3.8, 4) is 11.5 Å². The Morgan fingerprint density at radius 2 is 2.11 bits per heavy atom. The summed E-state index contributed by atoms with van der Waals surface area (Å²) < 4.78 is 10.4. The SMILES string of the molecule is CCCc1c(O)cccc1OC(C)C(=O)OCC. The Balaban J connectivity index is 2.83. The zero-order valence-corrected chi connectivity index (χ0v) is 11.1. The lowest BCUT2D eigenvalue weighted by Crippen LogP contribution is -2.26. The second-order valence-corrected chi connectivity index (χ2v) is 4.02. The smallest absolute Gasteiger partial charge is 0.347 e. The Morgan fingerprint density at radius 3 is 2.72 bits per heavy atom. The van der Waals surface area contributed by atoms with Crippen molar-refractivity contribution in [1.29, 1.82) is 0 Å². The maximum Gasteiger partial charge on any atom is 0.347 e. The molecule has 0 saturated heterocycles. The van der Waals surface area contributed by atoms with Crippen LogP contribution in [-0.2, 0) is 16.0 Å². The summed E-state index contributed by atoms with van der Waals surface area (Å²) in [7, 11) is 0. The molecule has 1 N–H and O–H groups in total. The van der Waals surface area contributed by atoms with E-state index in [4.69, 9.17) is 9.47 Å². The molecule has 4 heteroatoms. The third-order valence-electron chi connectivity index (χ3n) is 2.53. The van der Waals surface area contributed by atoms with E-state index in [0.717, 1.165) is 12.0 Å². The van der Waals surface area contributed by atoms with E-state index in [1.165, 1.54) is 0 Å². The van der Waals surface area contributed by atoms with Crippen LogP contribution in [0.4, 0.5) is 0 Å². The Hall–Kier alpha value is -1.71. The van der Waals surface area contributed by atoms with Gasteiger partial charge in [0, 0.05) is 5.56 Å². The molecule has 0 heterocycles. The predicted octanol–water partition coefficient (Wildman–Crippen LogP) is 2.68. The number of hydrogen-bond donors (Lipinski definition) is 1. The number of benzene rings is 1. The Labute approximate surface area is 108 Å². The maximum absolute atomic E-state index is 11.5. The van der Waals surface area contributed by atoms with Crippen LogP contribution in [0.3, 0.4) is 0 Å². The van der Waals surface area contributed by atoms with Gasteiger partial charge in [-0.15, -0.1) is 0 Å². The summed E-state index contributed by atoms with van der Waals surface area (Å²) in [6, 6.07) is 5.06. The molecule has 0 aliphatic carbocycles. The van der Waals surface area contributed by atoms with Crippen molar-refractivity contribution in [2.24, 2.45) is 0 Å². The van der Waals surface area contributed by atoms with Gasteiger partial charge in [-0.25, -0.2) is 4.79 Å². The lowest BCUT2D eigenvalue weighted by atomic mass is 10.1. The van der Waals surface area contributed by atoms with E-state index < -0.39 is 12.1 Å². The highest BCUT2D eigenvalue weighted by atomic mass is 16.6. The van der Waals surface area contributed by atoms with Gasteiger partial charge in [-0.2, -0.15) is 0 Å². The van der Waals surface area contributed by atoms with E-state index in [9.17, 15) is 9.90 Å². The quantitative estimate of drug-likeness (QED) is 0.791. The van der Waals surface area contributed by atoms with E-state index in [2.05, 4.69) is 0 Å². The van der Waals surface area contributed by atoms with Crippen LogP contribution in [0.25, 0.3) is 0 Å². The van der Waals surface area contributed by atoms with Crippen molar-refractivity contribution in [3.63, 3.8) is 0 Å². The molecule has 0 bridgehead atoms. The van der Waals surface area contributed by atoms with Gasteiger partial charge in [-0.3, -0.25) is 0 Å². The molecule has 1 rings (SSSR count). The first-order valence-corrected chi connectivity index (χ1v) is 6.24. The van der Waals surface area contributed by atoms with Crippen molar-refractivity contribution in [2.45, 2.75) is 39.7 Å². The summed E-state index contributed by atoms with van der Waals surface area (Å²) in [4.78, 5) is 11.5. The number of phenols is 1. The molecular formula is C14H20O4. The zero-order valence-electron chi connectivity index (χ0n) is 11.1. The standard InChI is InChI=1S/C14H20O4/c1-4-7-11-12(15)8-6-9-13(11)18-10(3)14(16)17-5-2/h6,8-10,15H,4-5,7H2,1-3H3. The van der Waals surface area contributed by atoms with Crippen LogP contribution < -0.4 is 4.74 Å². The van der Waals surface area contributed by atoms with Gasteiger partial charge in [-0.1, -0.05) is 19.4 Å². The number of esters is 1. The van der Waals surface area contributed by atoms with Gasteiger partial charge in [-0.05, 0) is 32.4 Å². The van der Waals surface area contributed by atoms with Crippen LogP contribution in [0.1, 0.15) is 32.8 Å². The molecule has 0 spiro atoms. The average molecular weight is 252 g/mol. The maximum atomic E-state index is 11.5. The summed E-state index contributed by atoms with van der Waals surface area (Å²) in [6.07, 6.45) is 0.918. The van der Waals surface area contributed by atoms with E-state index in [1.807, 2.05) is 6.92 Å². The molecular weight excluding hydrogens is 232 g/mol. The van der Waals surface area contributed by atoms with Gasteiger partial charge in [0.25, 0.3) is 0 Å². The summed E-state index contributed by atoms with van der Waals surface area (Å²) in [5.41, 5.74) is 0.733. The lowest BCUT2D eigenvalue weighted by Gasteiger charge is -2.16. The normalized spacial score (nSPS) is 11.9. The summed E-state index contributed by atoms with van der Waals surface area (Å²) in [5, 5.41) is 9.78. The molecule has 0 amide bonds. The minimum Gasteiger partial charge on any atom is -0.508 e. The van der Waals surface area contributed by atoms with E-state index in [0.29, 0.717) is 18.8 Å². The first-order valence-electron chi connectivity index (χ1n) is 6.24. The van der Waals surface area contributed by atoms with Crippen LogP contribution in [0.5, 0.6) is 11.5 Å². The fourth-order valence-corrected chi connectivity index (χ4v) is 1.66. The number of hydrogen-bond acceptors (Lipinski definition) is 4. The van der Waals surface area contributed by atoms with Crippen LogP contribution >= 0.6 is 0 Å². The van der Waals surface area contributed by atoms with E-state index in [-0.39, 0.29) is 5.75 Å². The number of ether oxygens (including phenoxy) is 2. The van der Waals surface area contributed by atoms with Gasteiger partial charge in [0.05, 0.1) is 6.61 Å². The van der Waals surface area contributed by atoms with Gasteiger partial charge in [0.1, 0.15) is 11.5 Å². The molecule has 0 radical (unpaired) electrons. The monoisotopic (exact) mass is 252 g/mol. The van der Waals surface area contributed by atoms with Crippen molar-refractivity contribution in [2.75, 3.05) is 6.61 Å². The van der Waals surface area contributed by atoms with Gasteiger partial charge >= 0.3 is 5.97 Å². The van der Waals surface area contributed by atoms with Crippen LogP contribution in [0.15, 0.2) is 18.2 Å². The number of phenolic OH excluding ortho intramolecular Hbond substituents is 1. The third kappa shape index (κ3) is 3.65. The molecule has 100 valence electrons. The van der Waals surface area contributed by atoms with Gasteiger partial charge < -0.3 is 14.6 Å². The highest BCUT2D eigenvalue weighted by Gasteiger charge is 2.18. The van der Waals surface area contributed by atoms with Crippen molar-refractivity contribution < 1.29 is 19.4 Å². The molecule has 18 heavy (non-hydrogen) atoms. The number of carbonyl (C=O) groups excluding carboxylic acids is 1. The van der Waals surface area contributed by atoms with Gasteiger partial charge in [0.2, 0.25) is 0 Å². The fraction of sp³-hybridized carbons (Fsp3) is 0.500. The molecule has 1 aromatic carbocycles. The van der Waals surface area contributed by atoms with E-state index in [1.54, 1.807) is 32.0 Å². The Morgan fingerprint density at radius 1 is 1.39 bits per heavy atom. The highest BCUT2D eigenvalue weighted by molar-refractivity contribution is 5.74. The van der Waals surface area contributed by atoms with Crippen molar-refractivity contribution in [3.05, 3.63) is 23.8 Å². The first-order chi connectivity index (χ1) is 8.60. The predicted molar refractivity (Wildman–Crippen MR) is 68.8 cm³/mol. The number of aromatic hydroxyl groups is 1. The minimum absolute atomic E-state index is 0.199. The molecule has 0 aliphatic rings. The minimum atomic E-state index is -0.678. The van der Waals surface area contributed by atoms with Gasteiger partial charge in [0.15, 0.2) is 6.10 Å². The van der Waals surface area contributed by atoms with Crippen LogP contribution in [-0.4, -0.2) is 23.8 Å². The molecule has 1 unspecified atom stereocenters. The Kier molecular flexibility index (Phi) is 5.49. The number of carbonyl (C=O) groups is 1. The molecule has 1 aromatic rings. The third-order valence-corrected chi connectivity index (χ3v) is 2.53. The second-order valence-electron chi connectivity index (χ2n) is 4.02.